The fourth-order valence-electron chi connectivity index (χ4n) is 3.83. The topological polar surface area (TPSA) is 118 Å². The Morgan fingerprint density at radius 1 is 1.13 bits per heavy atom. The zero-order chi connectivity index (χ0) is 23.1. The van der Waals surface area contributed by atoms with E-state index in [9.17, 15) is 23.4 Å². The first-order valence-electron chi connectivity index (χ1n) is 11.6. The molecule has 31 heavy (non-hydrogen) atoms. The predicted octanol–water partition coefficient (Wildman–Crippen LogP) is 2.00. The lowest BCUT2D eigenvalue weighted by molar-refractivity contribution is -0.525. The molecular weight excluding hydrogens is 420 g/mol. The van der Waals surface area contributed by atoms with Crippen molar-refractivity contribution in [2.24, 2.45) is 0 Å². The number of Topliss-reactive ketones (excluding diaryl/α,β-unsaturated/α-hetero) is 1. The van der Waals surface area contributed by atoms with Gasteiger partial charge >= 0.3 is 5.84 Å². The van der Waals surface area contributed by atoms with E-state index in [-0.39, 0.29) is 18.9 Å². The number of nitrogens with zero attached hydrogens (tertiary/aromatic N) is 2. The van der Waals surface area contributed by atoms with Crippen molar-refractivity contribution < 1.29 is 32.6 Å². The number of aliphatic hydroxyl groups is 2. The molecule has 0 aromatic rings. The number of hydrogen-bond acceptors (Lipinski definition) is 6. The minimum absolute atomic E-state index is 0.0518. The van der Waals surface area contributed by atoms with Crippen LogP contribution in [0.1, 0.15) is 71.1 Å². The second-order valence-corrected chi connectivity index (χ2v) is 9.72. The number of allylic oxidation sites excluding steroid dienone is 2. The fraction of sp³-hybridized carbons (Fsp3) is 0.818. The molecule has 180 valence electrons. The number of carbonyl (C=O) groups is 1. The zero-order valence-corrected chi connectivity index (χ0v) is 19.7. The Morgan fingerprint density at radius 3 is 2.39 bits per heavy atom. The second-order valence-electron chi connectivity index (χ2n) is 8.23. The number of amidine groups is 1. The monoisotopic (exact) mass is 461 g/mol. The van der Waals surface area contributed by atoms with Crippen molar-refractivity contribution in [3.05, 3.63) is 12.2 Å². The lowest BCUT2D eigenvalue weighted by atomic mass is 10.1. The lowest BCUT2D eigenvalue weighted by Crippen LogP contribution is -2.40. The molecule has 0 bridgehead atoms. The molecule has 1 aliphatic rings. The summed E-state index contributed by atoms with van der Waals surface area (Å²) in [6.07, 6.45) is 13.6. The maximum absolute atomic E-state index is 12.8. The van der Waals surface area contributed by atoms with E-state index in [1.54, 1.807) is 9.48 Å². The number of carbonyl (C=O) groups excluding carboxylic acids is 1. The summed E-state index contributed by atoms with van der Waals surface area (Å²) in [6.45, 7) is 3.37. The highest BCUT2D eigenvalue weighted by molar-refractivity contribution is 7.85. The Balaban J connectivity index is 2.46. The zero-order valence-electron chi connectivity index (χ0n) is 18.9. The highest BCUT2D eigenvalue weighted by Gasteiger charge is 2.36. The Bertz CT molecular complexity index is 690. The van der Waals surface area contributed by atoms with E-state index in [0.717, 1.165) is 25.7 Å². The van der Waals surface area contributed by atoms with Crippen LogP contribution in [0.4, 0.5) is 0 Å². The van der Waals surface area contributed by atoms with Crippen LogP contribution in [0, 0.1) is 0 Å². The molecule has 0 radical (unpaired) electrons. The van der Waals surface area contributed by atoms with Gasteiger partial charge in [0, 0.05) is 6.42 Å². The molecule has 1 unspecified atom stereocenters. The van der Waals surface area contributed by atoms with Gasteiger partial charge in [-0.25, -0.2) is 0 Å². The number of hydrogen-bond donors (Lipinski definition) is 3. The standard InChI is InChI=1S/C22H40N2O6S/c1-2-3-4-5-6-7-8-9-10-11-12-13-21(27)22-23(16-17-25)14-15-24(22)18-20(26)19-31(28,29)30/h8-9,20,25-26H,2-7,10-19H2,1H3/p+1/b9-8+. The number of unbranched alkanes of at least 4 members (excludes halogenated alkanes) is 7. The van der Waals surface area contributed by atoms with Crippen LogP contribution in [-0.2, 0) is 14.9 Å². The molecule has 0 saturated carbocycles. The molecule has 0 aromatic carbocycles. The van der Waals surface area contributed by atoms with Gasteiger partial charge in [-0.3, -0.25) is 18.8 Å². The number of β-amino-alcohol motifs (C(OH)–C–C–N with tert-alkyl or cyclic N) is 2. The summed E-state index contributed by atoms with van der Waals surface area (Å²) in [7, 11) is -4.29. The average molecular weight is 462 g/mol. The summed E-state index contributed by atoms with van der Waals surface area (Å²) >= 11 is 0. The molecule has 0 amide bonds. The first-order chi connectivity index (χ1) is 14.8. The third kappa shape index (κ3) is 12.4. The van der Waals surface area contributed by atoms with E-state index in [1.165, 1.54) is 32.1 Å². The fourth-order valence-corrected chi connectivity index (χ4v) is 4.42. The molecule has 0 saturated heterocycles. The van der Waals surface area contributed by atoms with Gasteiger partial charge in [-0.1, -0.05) is 44.8 Å². The third-order valence-corrected chi connectivity index (χ3v) is 6.16. The summed E-state index contributed by atoms with van der Waals surface area (Å²) in [5, 5.41) is 19.2. The molecule has 0 aromatic heterocycles. The normalized spacial score (nSPS) is 15.9. The highest BCUT2D eigenvalue weighted by Crippen LogP contribution is 2.10. The van der Waals surface area contributed by atoms with Gasteiger partial charge in [-0.15, -0.1) is 0 Å². The van der Waals surface area contributed by atoms with Gasteiger partial charge in [-0.2, -0.15) is 8.42 Å². The van der Waals surface area contributed by atoms with Crippen molar-refractivity contribution in [1.82, 2.24) is 4.90 Å². The van der Waals surface area contributed by atoms with Crippen LogP contribution in [0.15, 0.2) is 12.2 Å². The number of ketones is 1. The van der Waals surface area contributed by atoms with Crippen LogP contribution in [0.25, 0.3) is 0 Å². The van der Waals surface area contributed by atoms with E-state index < -0.39 is 22.0 Å². The predicted molar refractivity (Wildman–Crippen MR) is 122 cm³/mol. The van der Waals surface area contributed by atoms with Crippen LogP contribution >= 0.6 is 0 Å². The Kier molecular flexibility index (Phi) is 13.9. The molecule has 1 heterocycles. The van der Waals surface area contributed by atoms with E-state index in [0.29, 0.717) is 31.9 Å². The molecular formula is C22H41N2O6S+. The van der Waals surface area contributed by atoms with E-state index in [4.69, 9.17) is 4.55 Å². The van der Waals surface area contributed by atoms with Crippen LogP contribution in [-0.4, -0.2) is 88.9 Å². The molecule has 1 atom stereocenters. The van der Waals surface area contributed by atoms with Crippen molar-refractivity contribution >= 4 is 21.7 Å². The van der Waals surface area contributed by atoms with Crippen LogP contribution in [0.2, 0.25) is 0 Å². The van der Waals surface area contributed by atoms with E-state index in [1.807, 2.05) is 0 Å². The van der Waals surface area contributed by atoms with Gasteiger partial charge < -0.3 is 10.2 Å². The van der Waals surface area contributed by atoms with Gasteiger partial charge in [-0.05, 0) is 32.1 Å². The summed E-state index contributed by atoms with van der Waals surface area (Å²) in [4.78, 5) is 14.6. The summed E-state index contributed by atoms with van der Waals surface area (Å²) in [5.41, 5.74) is 0. The molecule has 1 aliphatic heterocycles. The quantitative estimate of drug-likeness (QED) is 0.124. The molecule has 0 aliphatic carbocycles. The largest absolute Gasteiger partial charge is 0.392 e. The van der Waals surface area contributed by atoms with Crippen LogP contribution < -0.4 is 0 Å². The maximum Gasteiger partial charge on any atom is 0.316 e. The second kappa shape index (κ2) is 15.5. The lowest BCUT2D eigenvalue weighted by Gasteiger charge is -2.13. The third-order valence-electron chi connectivity index (χ3n) is 5.36. The first-order valence-corrected chi connectivity index (χ1v) is 13.2. The Morgan fingerprint density at radius 2 is 1.77 bits per heavy atom. The van der Waals surface area contributed by atoms with Crippen LogP contribution in [0.3, 0.4) is 0 Å². The number of rotatable bonds is 18. The minimum Gasteiger partial charge on any atom is -0.392 e. The van der Waals surface area contributed by atoms with Gasteiger partial charge in [0.1, 0.15) is 38.0 Å². The van der Waals surface area contributed by atoms with Crippen molar-refractivity contribution in [2.45, 2.75) is 77.2 Å². The van der Waals surface area contributed by atoms with E-state index >= 15 is 0 Å². The van der Waals surface area contributed by atoms with Crippen molar-refractivity contribution in [3.63, 3.8) is 0 Å². The molecule has 3 N–H and O–H groups in total. The molecule has 8 nitrogen and oxygen atoms in total. The van der Waals surface area contributed by atoms with Gasteiger partial charge in [0.05, 0.1) is 6.61 Å². The van der Waals surface area contributed by atoms with Gasteiger partial charge in [0.2, 0.25) is 5.78 Å². The van der Waals surface area contributed by atoms with E-state index in [2.05, 4.69) is 19.1 Å². The number of aliphatic hydroxyl groups excluding tert-OH is 2. The Hall–Kier alpha value is -1.29. The molecule has 1 rings (SSSR count). The minimum atomic E-state index is -4.29. The molecule has 9 heteroatoms. The molecule has 0 spiro atoms. The summed E-state index contributed by atoms with van der Waals surface area (Å²) in [6, 6.07) is 0. The summed E-state index contributed by atoms with van der Waals surface area (Å²) < 4.78 is 32.5. The Labute approximate surface area is 187 Å². The van der Waals surface area contributed by atoms with Gasteiger partial charge in [0.25, 0.3) is 10.1 Å². The summed E-state index contributed by atoms with van der Waals surface area (Å²) in [5.74, 6) is -0.411. The maximum atomic E-state index is 12.8. The van der Waals surface area contributed by atoms with Crippen molar-refractivity contribution in [1.29, 1.82) is 0 Å². The smallest absolute Gasteiger partial charge is 0.316 e. The first kappa shape index (κ1) is 27.7. The average Bonchev–Trinajstić information content (AvgIpc) is 3.06. The van der Waals surface area contributed by atoms with Crippen LogP contribution in [0.5, 0.6) is 0 Å². The van der Waals surface area contributed by atoms with Gasteiger partial charge in [0.15, 0.2) is 0 Å². The molecule has 0 fully saturated rings. The van der Waals surface area contributed by atoms with Crippen molar-refractivity contribution in [2.75, 3.05) is 38.5 Å². The highest BCUT2D eigenvalue weighted by atomic mass is 32.2. The van der Waals surface area contributed by atoms with Crippen molar-refractivity contribution in [3.8, 4) is 0 Å². The SMILES string of the molecule is CCCCCCC/C=C/CCCCC(=O)C1=[N+](CC(O)CS(=O)(=O)O)CCN1CCO.